The summed E-state index contributed by atoms with van der Waals surface area (Å²) in [5.74, 6) is 0.0616. The zero-order chi connectivity index (χ0) is 11.3. The molecule has 0 N–H and O–H groups in total. The van der Waals surface area contributed by atoms with Crippen LogP contribution in [0.5, 0.6) is 0 Å². The predicted molar refractivity (Wildman–Crippen MR) is 57.4 cm³/mol. The van der Waals surface area contributed by atoms with Gasteiger partial charge in [-0.3, -0.25) is 9.59 Å². The van der Waals surface area contributed by atoms with Gasteiger partial charge in [0.05, 0.1) is 6.61 Å². The number of carbonyl (C=O) groups is 2. The number of fused-ring (bicyclic) bond motifs is 5. The topological polar surface area (TPSA) is 43.4 Å². The molecule has 2 bridgehead atoms. The molecule has 0 heterocycles. The van der Waals surface area contributed by atoms with E-state index in [1.165, 1.54) is 0 Å². The van der Waals surface area contributed by atoms with Gasteiger partial charge in [-0.2, -0.15) is 0 Å². The Hall–Kier alpha value is -1.38. The number of esters is 1. The van der Waals surface area contributed by atoms with E-state index in [4.69, 9.17) is 4.74 Å². The lowest BCUT2D eigenvalue weighted by molar-refractivity contribution is -0.157. The van der Waals surface area contributed by atoms with Crippen molar-refractivity contribution in [3.63, 3.8) is 0 Å². The number of rotatable bonds is 2. The molecule has 1 saturated carbocycles. The van der Waals surface area contributed by atoms with Gasteiger partial charge in [0.2, 0.25) is 0 Å². The fraction of sp³-hybridized carbons (Fsp3) is 0.538. The maximum Gasteiger partial charge on any atom is 0.317 e. The third kappa shape index (κ3) is 0.938. The Labute approximate surface area is 94.2 Å². The summed E-state index contributed by atoms with van der Waals surface area (Å²) in [5.41, 5.74) is -0.674. The van der Waals surface area contributed by atoms with Gasteiger partial charge in [-0.25, -0.2) is 0 Å². The van der Waals surface area contributed by atoms with E-state index < -0.39 is 5.41 Å². The van der Waals surface area contributed by atoms with Gasteiger partial charge in [-0.15, -0.1) is 0 Å². The summed E-state index contributed by atoms with van der Waals surface area (Å²) in [4.78, 5) is 24.0. The molecule has 16 heavy (non-hydrogen) atoms. The number of allylic oxidation sites excluding steroid dienone is 3. The molecule has 3 aliphatic rings. The van der Waals surface area contributed by atoms with E-state index in [1.54, 1.807) is 19.1 Å². The Kier molecular flexibility index (Phi) is 1.88. The van der Waals surface area contributed by atoms with Gasteiger partial charge in [0, 0.05) is 5.92 Å². The molecule has 0 aromatic heterocycles. The lowest BCUT2D eigenvalue weighted by Gasteiger charge is -2.32. The van der Waals surface area contributed by atoms with Crippen molar-refractivity contribution in [1.29, 1.82) is 0 Å². The SMILES string of the molecule is CCOC(=O)[C@]12C=CC(=O)[C@H]1[C@H]1C=C[C@@H]2C1. The van der Waals surface area contributed by atoms with Crippen LogP contribution in [0.25, 0.3) is 0 Å². The Balaban J connectivity index is 2.04. The lowest BCUT2D eigenvalue weighted by atomic mass is 9.70. The fourth-order valence-electron chi connectivity index (χ4n) is 3.51. The van der Waals surface area contributed by atoms with Crippen LogP contribution in [0.4, 0.5) is 0 Å². The highest BCUT2D eigenvalue weighted by Crippen LogP contribution is 2.60. The molecule has 0 unspecified atom stereocenters. The summed E-state index contributed by atoms with van der Waals surface area (Å²) in [6, 6.07) is 0. The van der Waals surface area contributed by atoms with Gasteiger partial charge in [-0.1, -0.05) is 18.2 Å². The van der Waals surface area contributed by atoms with Gasteiger partial charge < -0.3 is 4.74 Å². The monoisotopic (exact) mass is 218 g/mol. The summed E-state index contributed by atoms with van der Waals surface area (Å²) in [6.07, 6.45) is 8.41. The molecule has 0 amide bonds. The van der Waals surface area contributed by atoms with Crippen LogP contribution in [0.3, 0.4) is 0 Å². The first-order valence-electron chi connectivity index (χ1n) is 5.78. The summed E-state index contributed by atoms with van der Waals surface area (Å²) in [7, 11) is 0. The molecule has 3 nitrogen and oxygen atoms in total. The standard InChI is InChI=1S/C13H14O3/c1-2-16-12(15)13-6-5-10(14)11(13)8-3-4-9(13)7-8/h3-6,8-9,11H,2,7H2,1H3/t8-,9+,11+,13-/m0/s1. The van der Waals surface area contributed by atoms with Crippen LogP contribution in [0.2, 0.25) is 0 Å². The van der Waals surface area contributed by atoms with Crippen LogP contribution in [0, 0.1) is 23.2 Å². The first kappa shape index (κ1) is 9.82. The second kappa shape index (κ2) is 3.06. The molecular weight excluding hydrogens is 204 g/mol. The van der Waals surface area contributed by atoms with Crippen molar-refractivity contribution in [3.8, 4) is 0 Å². The smallest absolute Gasteiger partial charge is 0.317 e. The molecule has 4 atom stereocenters. The second-order valence-corrected chi connectivity index (χ2v) is 4.76. The molecule has 1 fully saturated rings. The van der Waals surface area contributed by atoms with Crippen molar-refractivity contribution < 1.29 is 14.3 Å². The number of hydrogen-bond donors (Lipinski definition) is 0. The third-order valence-electron chi connectivity index (χ3n) is 4.13. The normalized spacial score (nSPS) is 42.8. The van der Waals surface area contributed by atoms with Crippen LogP contribution in [0.1, 0.15) is 13.3 Å². The zero-order valence-electron chi connectivity index (χ0n) is 9.18. The molecular formula is C13H14O3. The summed E-state index contributed by atoms with van der Waals surface area (Å²) in [5, 5.41) is 0. The molecule has 0 saturated heterocycles. The number of carbonyl (C=O) groups excluding carboxylic acids is 2. The maximum atomic E-state index is 12.1. The van der Waals surface area contributed by atoms with Crippen LogP contribution in [-0.4, -0.2) is 18.4 Å². The van der Waals surface area contributed by atoms with Gasteiger partial charge in [0.15, 0.2) is 5.78 Å². The lowest BCUT2D eigenvalue weighted by Crippen LogP contribution is -2.41. The van der Waals surface area contributed by atoms with Crippen LogP contribution in [0.15, 0.2) is 24.3 Å². The third-order valence-corrected chi connectivity index (χ3v) is 4.13. The average Bonchev–Trinajstić information content (AvgIpc) is 2.90. The van der Waals surface area contributed by atoms with Crippen molar-refractivity contribution >= 4 is 11.8 Å². The summed E-state index contributed by atoms with van der Waals surface area (Å²) < 4.78 is 5.16. The molecule has 0 spiro atoms. The molecule has 84 valence electrons. The van der Waals surface area contributed by atoms with Crippen LogP contribution in [-0.2, 0) is 14.3 Å². The molecule has 3 heteroatoms. The number of ketones is 1. The van der Waals surface area contributed by atoms with E-state index in [-0.39, 0.29) is 29.5 Å². The largest absolute Gasteiger partial charge is 0.465 e. The first-order valence-corrected chi connectivity index (χ1v) is 5.78. The van der Waals surface area contributed by atoms with Crippen molar-refractivity contribution in [2.75, 3.05) is 6.61 Å². The first-order chi connectivity index (χ1) is 7.70. The van der Waals surface area contributed by atoms with E-state index in [1.807, 2.05) is 0 Å². The molecule has 0 aromatic carbocycles. The highest BCUT2D eigenvalue weighted by Gasteiger charge is 2.64. The molecule has 3 rings (SSSR count). The van der Waals surface area contributed by atoms with Gasteiger partial charge in [0.1, 0.15) is 5.41 Å². The minimum Gasteiger partial charge on any atom is -0.465 e. The zero-order valence-corrected chi connectivity index (χ0v) is 9.18. The van der Waals surface area contributed by atoms with Crippen LogP contribution >= 0.6 is 0 Å². The predicted octanol–water partition coefficient (Wildman–Crippen LogP) is 1.50. The maximum absolute atomic E-state index is 12.1. The number of ether oxygens (including phenoxy) is 1. The van der Waals surface area contributed by atoms with E-state index in [2.05, 4.69) is 12.2 Å². The molecule has 0 aromatic rings. The fourth-order valence-corrected chi connectivity index (χ4v) is 3.51. The summed E-state index contributed by atoms with van der Waals surface area (Å²) >= 11 is 0. The Bertz CT molecular complexity index is 421. The van der Waals surface area contributed by atoms with Crippen LogP contribution < -0.4 is 0 Å². The van der Waals surface area contributed by atoms with Crippen molar-refractivity contribution in [1.82, 2.24) is 0 Å². The van der Waals surface area contributed by atoms with Gasteiger partial charge >= 0.3 is 5.97 Å². The quantitative estimate of drug-likeness (QED) is 0.521. The average molecular weight is 218 g/mol. The minimum atomic E-state index is -0.674. The molecule has 0 aliphatic heterocycles. The highest BCUT2D eigenvalue weighted by molar-refractivity contribution is 6.03. The van der Waals surface area contributed by atoms with Crippen molar-refractivity contribution in [2.45, 2.75) is 13.3 Å². The second-order valence-electron chi connectivity index (χ2n) is 4.76. The summed E-state index contributed by atoms with van der Waals surface area (Å²) in [6.45, 7) is 2.17. The van der Waals surface area contributed by atoms with Crippen molar-refractivity contribution in [3.05, 3.63) is 24.3 Å². The Morgan fingerprint density at radius 1 is 1.56 bits per heavy atom. The van der Waals surface area contributed by atoms with Gasteiger partial charge in [-0.05, 0) is 31.3 Å². The minimum absolute atomic E-state index is 0.0879. The van der Waals surface area contributed by atoms with E-state index >= 15 is 0 Å². The van der Waals surface area contributed by atoms with E-state index in [0.717, 1.165) is 6.42 Å². The van der Waals surface area contributed by atoms with Crippen molar-refractivity contribution in [2.24, 2.45) is 23.2 Å². The van der Waals surface area contributed by atoms with E-state index in [9.17, 15) is 9.59 Å². The van der Waals surface area contributed by atoms with Gasteiger partial charge in [0.25, 0.3) is 0 Å². The number of hydrogen-bond acceptors (Lipinski definition) is 3. The molecule has 0 radical (unpaired) electrons. The Morgan fingerprint density at radius 3 is 3.12 bits per heavy atom. The van der Waals surface area contributed by atoms with E-state index in [0.29, 0.717) is 6.61 Å². The Morgan fingerprint density at radius 2 is 2.38 bits per heavy atom. The molecule has 3 aliphatic carbocycles. The highest BCUT2D eigenvalue weighted by atomic mass is 16.5.